The van der Waals surface area contributed by atoms with Gasteiger partial charge in [0.25, 0.3) is 5.91 Å². The molecule has 2 heterocycles. The first-order valence-corrected chi connectivity index (χ1v) is 8.21. The summed E-state index contributed by atoms with van der Waals surface area (Å²) in [6.07, 6.45) is 2.59. The van der Waals surface area contributed by atoms with Gasteiger partial charge in [-0.2, -0.15) is 0 Å². The van der Waals surface area contributed by atoms with Crippen molar-refractivity contribution in [1.82, 2.24) is 4.90 Å². The number of benzene rings is 1. The lowest BCUT2D eigenvalue weighted by Gasteiger charge is -2.34. The summed E-state index contributed by atoms with van der Waals surface area (Å²) in [7, 11) is 1.63. The Hall–Kier alpha value is -2.04. The normalized spacial score (nSPS) is 25.0. The van der Waals surface area contributed by atoms with E-state index in [0.29, 0.717) is 12.3 Å². The molecule has 0 bridgehead atoms. The van der Waals surface area contributed by atoms with E-state index < -0.39 is 5.60 Å². The van der Waals surface area contributed by atoms with Crippen molar-refractivity contribution < 1.29 is 14.4 Å². The Bertz CT molecular complexity index is 620. The number of hydrogen-bond acceptors (Lipinski definition) is 4. The largest absolute Gasteiger partial charge is 0.496 e. The van der Waals surface area contributed by atoms with Crippen LogP contribution in [0, 0.1) is 5.92 Å². The maximum absolute atomic E-state index is 12.9. The lowest BCUT2D eigenvalue weighted by Crippen LogP contribution is -2.50. The van der Waals surface area contributed by atoms with Crippen molar-refractivity contribution in [2.75, 3.05) is 20.2 Å². The highest BCUT2D eigenvalue weighted by atomic mass is 16.7. The van der Waals surface area contributed by atoms with Crippen LogP contribution < -0.4 is 4.74 Å². The maximum Gasteiger partial charge on any atom is 0.269 e. The molecule has 2 aliphatic rings. The van der Waals surface area contributed by atoms with Crippen molar-refractivity contribution in [2.24, 2.45) is 11.1 Å². The van der Waals surface area contributed by atoms with E-state index in [2.05, 4.69) is 12.1 Å². The van der Waals surface area contributed by atoms with Crippen LogP contribution in [0.1, 0.15) is 38.7 Å². The van der Waals surface area contributed by atoms with E-state index in [1.54, 1.807) is 7.11 Å². The van der Waals surface area contributed by atoms with Crippen molar-refractivity contribution in [2.45, 2.75) is 38.7 Å². The number of carbonyl (C=O) groups excluding carboxylic acids is 1. The Morgan fingerprint density at radius 3 is 2.74 bits per heavy atom. The summed E-state index contributed by atoms with van der Waals surface area (Å²) >= 11 is 0. The van der Waals surface area contributed by atoms with E-state index in [0.717, 1.165) is 43.0 Å². The van der Waals surface area contributed by atoms with Gasteiger partial charge in [-0.1, -0.05) is 24.2 Å². The molecule has 1 saturated heterocycles. The van der Waals surface area contributed by atoms with E-state index >= 15 is 0 Å². The predicted octanol–water partition coefficient (Wildman–Crippen LogP) is 2.84. The fourth-order valence-electron chi connectivity index (χ4n) is 3.23. The molecular weight excluding hydrogens is 292 g/mol. The predicted molar refractivity (Wildman–Crippen MR) is 88.6 cm³/mol. The molecule has 0 aromatic heterocycles. The molecule has 0 N–H and O–H groups in total. The van der Waals surface area contributed by atoms with Crippen molar-refractivity contribution in [3.63, 3.8) is 0 Å². The zero-order chi connectivity index (χ0) is 16.4. The average molecular weight is 316 g/mol. The van der Waals surface area contributed by atoms with Gasteiger partial charge in [0.2, 0.25) is 5.60 Å². The first-order chi connectivity index (χ1) is 11.0. The molecular formula is C18H24N2O3. The highest BCUT2D eigenvalue weighted by Gasteiger charge is 2.45. The molecule has 0 spiro atoms. The third-order valence-electron chi connectivity index (χ3n) is 4.80. The van der Waals surface area contributed by atoms with Crippen LogP contribution in [0.15, 0.2) is 29.4 Å². The van der Waals surface area contributed by atoms with E-state index in [4.69, 9.17) is 9.57 Å². The smallest absolute Gasteiger partial charge is 0.269 e. The van der Waals surface area contributed by atoms with Crippen LogP contribution in [-0.2, 0) is 9.63 Å². The topological polar surface area (TPSA) is 51.1 Å². The number of oxime groups is 1. The lowest BCUT2D eigenvalue weighted by molar-refractivity contribution is -0.154. The van der Waals surface area contributed by atoms with Gasteiger partial charge in [0.1, 0.15) is 5.75 Å². The minimum Gasteiger partial charge on any atom is -0.496 e. The van der Waals surface area contributed by atoms with E-state index in [1.807, 2.05) is 36.1 Å². The van der Waals surface area contributed by atoms with E-state index in [9.17, 15) is 4.79 Å². The molecule has 23 heavy (non-hydrogen) atoms. The summed E-state index contributed by atoms with van der Waals surface area (Å²) in [4.78, 5) is 20.4. The number of rotatable bonds is 3. The van der Waals surface area contributed by atoms with Gasteiger partial charge < -0.3 is 14.5 Å². The number of para-hydroxylation sites is 1. The van der Waals surface area contributed by atoms with Gasteiger partial charge in [-0.25, -0.2) is 0 Å². The first-order valence-electron chi connectivity index (χ1n) is 8.21. The van der Waals surface area contributed by atoms with Crippen LogP contribution in [0.2, 0.25) is 0 Å². The molecule has 0 saturated carbocycles. The number of hydrogen-bond donors (Lipinski definition) is 0. The molecule has 124 valence electrons. The fourth-order valence-corrected chi connectivity index (χ4v) is 3.23. The average Bonchev–Trinajstić information content (AvgIpc) is 2.98. The van der Waals surface area contributed by atoms with Crippen LogP contribution in [-0.4, -0.2) is 42.3 Å². The van der Waals surface area contributed by atoms with E-state index in [-0.39, 0.29) is 5.91 Å². The molecule has 1 fully saturated rings. The summed E-state index contributed by atoms with van der Waals surface area (Å²) in [5.74, 6) is 1.48. The van der Waals surface area contributed by atoms with Crippen molar-refractivity contribution in [1.29, 1.82) is 0 Å². The number of carbonyl (C=O) groups is 1. The van der Waals surface area contributed by atoms with Crippen LogP contribution in [0.3, 0.4) is 0 Å². The van der Waals surface area contributed by atoms with Crippen LogP contribution in [0.4, 0.5) is 0 Å². The molecule has 1 aromatic carbocycles. The second-order valence-corrected chi connectivity index (χ2v) is 6.71. The van der Waals surface area contributed by atoms with Gasteiger partial charge in [0.15, 0.2) is 0 Å². The number of amides is 1. The molecule has 0 unspecified atom stereocenters. The third-order valence-corrected chi connectivity index (χ3v) is 4.80. The number of piperidine rings is 1. The molecule has 0 aliphatic carbocycles. The van der Waals surface area contributed by atoms with Gasteiger partial charge in [-0.15, -0.1) is 0 Å². The molecule has 2 aliphatic heterocycles. The van der Waals surface area contributed by atoms with Gasteiger partial charge in [0, 0.05) is 25.1 Å². The SMILES string of the molecule is COc1ccccc1C1=NO[C@](C)(C(=O)N2CCC(C)CC2)C1. The van der Waals surface area contributed by atoms with Gasteiger partial charge >= 0.3 is 0 Å². The molecule has 1 aromatic rings. The Balaban J connectivity index is 1.73. The Kier molecular flexibility index (Phi) is 4.28. The highest BCUT2D eigenvalue weighted by Crippen LogP contribution is 2.32. The minimum absolute atomic E-state index is 0.0399. The summed E-state index contributed by atoms with van der Waals surface area (Å²) in [6, 6.07) is 7.68. The standard InChI is InChI=1S/C18H24N2O3/c1-13-8-10-20(11-9-13)17(21)18(2)12-15(19-23-18)14-6-4-5-7-16(14)22-3/h4-7,13H,8-12H2,1-3H3/t18-/m0/s1. The monoisotopic (exact) mass is 316 g/mol. The second-order valence-electron chi connectivity index (χ2n) is 6.71. The van der Waals surface area contributed by atoms with Gasteiger partial charge in [0.05, 0.1) is 12.8 Å². The van der Waals surface area contributed by atoms with Crippen LogP contribution >= 0.6 is 0 Å². The number of likely N-dealkylation sites (tertiary alicyclic amines) is 1. The Labute approximate surface area is 137 Å². The molecule has 0 radical (unpaired) electrons. The van der Waals surface area contributed by atoms with Crippen LogP contribution in [0.5, 0.6) is 5.75 Å². The first kappa shape index (κ1) is 15.8. The molecule has 1 amide bonds. The van der Waals surface area contributed by atoms with Crippen molar-refractivity contribution in [3.8, 4) is 5.75 Å². The lowest BCUT2D eigenvalue weighted by atomic mass is 9.92. The molecule has 5 heteroatoms. The third kappa shape index (κ3) is 3.05. The zero-order valence-corrected chi connectivity index (χ0v) is 14.0. The molecule has 3 rings (SSSR count). The number of nitrogens with zero attached hydrogens (tertiary/aromatic N) is 2. The summed E-state index contributed by atoms with van der Waals surface area (Å²) in [6.45, 7) is 5.68. The Morgan fingerprint density at radius 1 is 1.35 bits per heavy atom. The quantitative estimate of drug-likeness (QED) is 0.861. The summed E-state index contributed by atoms with van der Waals surface area (Å²) < 4.78 is 5.38. The second kappa shape index (κ2) is 6.22. The van der Waals surface area contributed by atoms with Crippen molar-refractivity contribution in [3.05, 3.63) is 29.8 Å². The summed E-state index contributed by atoms with van der Waals surface area (Å²) in [5, 5.41) is 4.19. The highest BCUT2D eigenvalue weighted by molar-refractivity contribution is 6.07. The number of ether oxygens (including phenoxy) is 1. The van der Waals surface area contributed by atoms with Gasteiger partial charge in [-0.3, -0.25) is 4.79 Å². The Morgan fingerprint density at radius 2 is 2.04 bits per heavy atom. The minimum atomic E-state index is -0.906. The van der Waals surface area contributed by atoms with E-state index in [1.165, 1.54) is 0 Å². The summed E-state index contributed by atoms with van der Waals surface area (Å²) in [5.41, 5.74) is 0.749. The zero-order valence-electron chi connectivity index (χ0n) is 14.0. The number of methoxy groups -OCH3 is 1. The molecule has 5 nitrogen and oxygen atoms in total. The van der Waals surface area contributed by atoms with Crippen molar-refractivity contribution >= 4 is 11.6 Å². The van der Waals surface area contributed by atoms with Crippen LogP contribution in [0.25, 0.3) is 0 Å². The fraction of sp³-hybridized carbons (Fsp3) is 0.556. The molecule has 1 atom stereocenters. The maximum atomic E-state index is 12.9. The van der Waals surface area contributed by atoms with Gasteiger partial charge in [-0.05, 0) is 37.8 Å².